The Balaban J connectivity index is 1.83. The lowest BCUT2D eigenvalue weighted by molar-refractivity contribution is -0.122. The highest BCUT2D eigenvalue weighted by atomic mass is 19.1. The van der Waals surface area contributed by atoms with Gasteiger partial charge in [0.1, 0.15) is 0 Å². The third-order valence-electron chi connectivity index (χ3n) is 4.00. The number of halogens is 1. The summed E-state index contributed by atoms with van der Waals surface area (Å²) >= 11 is 0. The van der Waals surface area contributed by atoms with Crippen LogP contribution < -0.4 is 10.1 Å². The van der Waals surface area contributed by atoms with E-state index in [2.05, 4.69) is 10.3 Å². The number of fused-ring (bicyclic) bond motifs is 1. The first-order valence-electron chi connectivity index (χ1n) is 8.16. The van der Waals surface area contributed by atoms with Gasteiger partial charge in [0, 0.05) is 11.6 Å². The molecule has 1 N–H and O–H groups in total. The molecule has 25 heavy (non-hydrogen) atoms. The summed E-state index contributed by atoms with van der Waals surface area (Å²) < 4.78 is 19.3. The average molecular weight is 338 g/mol. The van der Waals surface area contributed by atoms with Crippen LogP contribution in [0.4, 0.5) is 10.1 Å². The molecule has 0 unspecified atom stereocenters. The predicted molar refractivity (Wildman–Crippen MR) is 96.2 cm³/mol. The fourth-order valence-electron chi connectivity index (χ4n) is 2.65. The maximum Gasteiger partial charge on any atom is 0.265 e. The average Bonchev–Trinajstić information content (AvgIpc) is 2.63. The van der Waals surface area contributed by atoms with Crippen LogP contribution in [0.25, 0.3) is 10.9 Å². The summed E-state index contributed by atoms with van der Waals surface area (Å²) in [6.45, 7) is 3.79. The minimum Gasteiger partial charge on any atom is -0.478 e. The van der Waals surface area contributed by atoms with E-state index in [9.17, 15) is 9.18 Å². The zero-order valence-corrected chi connectivity index (χ0v) is 14.1. The largest absolute Gasteiger partial charge is 0.478 e. The van der Waals surface area contributed by atoms with Gasteiger partial charge in [-0.15, -0.1) is 0 Å². The van der Waals surface area contributed by atoms with Crippen LogP contribution in [0.2, 0.25) is 0 Å². The van der Waals surface area contributed by atoms with Crippen molar-refractivity contribution in [2.75, 3.05) is 5.32 Å². The van der Waals surface area contributed by atoms with E-state index in [1.165, 1.54) is 12.1 Å². The van der Waals surface area contributed by atoms with Crippen LogP contribution >= 0.6 is 0 Å². The van der Waals surface area contributed by atoms with E-state index in [1.54, 1.807) is 18.3 Å². The Kier molecular flexibility index (Phi) is 4.93. The maximum atomic E-state index is 13.8. The molecule has 1 amide bonds. The fraction of sp³-hybridized carbons (Fsp3) is 0.200. The number of hydrogen-bond donors (Lipinski definition) is 1. The summed E-state index contributed by atoms with van der Waals surface area (Å²) in [5.74, 6) is -0.738. The zero-order valence-electron chi connectivity index (χ0n) is 14.1. The number of nitrogens with zero attached hydrogens (tertiary/aromatic N) is 1. The summed E-state index contributed by atoms with van der Waals surface area (Å²) in [5, 5.41) is 3.73. The molecule has 0 spiro atoms. The molecule has 0 saturated carbocycles. The lowest BCUT2D eigenvalue weighted by Crippen LogP contribution is -2.32. The number of aromatic nitrogens is 1. The van der Waals surface area contributed by atoms with Crippen LogP contribution in [0.5, 0.6) is 5.75 Å². The Morgan fingerprint density at radius 2 is 2.00 bits per heavy atom. The first-order valence-corrected chi connectivity index (χ1v) is 8.16. The van der Waals surface area contributed by atoms with Gasteiger partial charge in [-0.25, -0.2) is 4.39 Å². The van der Waals surface area contributed by atoms with Gasteiger partial charge in [-0.3, -0.25) is 9.78 Å². The van der Waals surface area contributed by atoms with Crippen molar-refractivity contribution in [3.05, 3.63) is 66.1 Å². The minimum atomic E-state index is -0.787. The summed E-state index contributed by atoms with van der Waals surface area (Å²) in [7, 11) is 0. The van der Waals surface area contributed by atoms with Gasteiger partial charge in [-0.2, -0.15) is 0 Å². The molecule has 3 rings (SSSR count). The maximum absolute atomic E-state index is 13.8. The second-order valence-corrected chi connectivity index (χ2v) is 5.76. The first-order chi connectivity index (χ1) is 12.1. The number of benzene rings is 2. The SMILES string of the molecule is CC[C@@H](Oc1ccccc1F)C(=O)Nc1ccc(C)c2ncccc12. The van der Waals surface area contributed by atoms with Crippen LogP contribution in [-0.4, -0.2) is 17.0 Å². The number of ether oxygens (including phenoxy) is 1. The van der Waals surface area contributed by atoms with Gasteiger partial charge in [0.2, 0.25) is 0 Å². The van der Waals surface area contributed by atoms with E-state index < -0.39 is 11.9 Å². The van der Waals surface area contributed by atoms with Crippen LogP contribution in [0.3, 0.4) is 0 Å². The Bertz CT molecular complexity index is 911. The molecule has 4 nitrogen and oxygen atoms in total. The highest BCUT2D eigenvalue weighted by molar-refractivity contribution is 6.03. The Morgan fingerprint density at radius 1 is 1.20 bits per heavy atom. The number of nitrogens with one attached hydrogen (secondary N) is 1. The number of anilines is 1. The molecule has 3 aromatic rings. The second kappa shape index (κ2) is 7.30. The Morgan fingerprint density at radius 3 is 2.76 bits per heavy atom. The molecular weight excluding hydrogens is 319 g/mol. The number of pyridine rings is 1. The highest BCUT2D eigenvalue weighted by Gasteiger charge is 2.20. The number of rotatable bonds is 5. The summed E-state index contributed by atoms with van der Waals surface area (Å²) in [5.41, 5.74) is 2.53. The van der Waals surface area contributed by atoms with Crippen molar-refractivity contribution in [2.45, 2.75) is 26.4 Å². The van der Waals surface area contributed by atoms with Crippen molar-refractivity contribution >= 4 is 22.5 Å². The van der Waals surface area contributed by atoms with E-state index in [-0.39, 0.29) is 11.7 Å². The van der Waals surface area contributed by atoms with Crippen molar-refractivity contribution < 1.29 is 13.9 Å². The number of carbonyl (C=O) groups is 1. The molecule has 128 valence electrons. The lowest BCUT2D eigenvalue weighted by atomic mass is 10.1. The number of amides is 1. The molecule has 2 aromatic carbocycles. The van der Waals surface area contributed by atoms with Gasteiger partial charge < -0.3 is 10.1 Å². The number of carbonyl (C=O) groups excluding carboxylic acids is 1. The zero-order chi connectivity index (χ0) is 17.8. The topological polar surface area (TPSA) is 51.2 Å². The Hall–Kier alpha value is -2.95. The highest BCUT2D eigenvalue weighted by Crippen LogP contribution is 2.25. The smallest absolute Gasteiger partial charge is 0.265 e. The standard InChI is InChI=1S/C20H19FN2O2/c1-3-17(25-18-9-5-4-8-15(18)21)20(24)23-16-11-10-13(2)19-14(16)7-6-12-22-19/h4-12,17H,3H2,1-2H3,(H,23,24)/t17-/m1/s1. The molecule has 0 aliphatic rings. The fourth-order valence-corrected chi connectivity index (χ4v) is 2.65. The summed E-state index contributed by atoms with van der Waals surface area (Å²) in [6, 6.07) is 13.5. The minimum absolute atomic E-state index is 0.0694. The number of aryl methyl sites for hydroxylation is 1. The quantitative estimate of drug-likeness (QED) is 0.746. The van der Waals surface area contributed by atoms with Crippen LogP contribution in [0, 0.1) is 12.7 Å². The summed E-state index contributed by atoms with van der Waals surface area (Å²) in [6.07, 6.45) is 1.35. The molecule has 1 aromatic heterocycles. The molecule has 5 heteroatoms. The van der Waals surface area contributed by atoms with Crippen LogP contribution in [0.1, 0.15) is 18.9 Å². The van der Waals surface area contributed by atoms with Crippen LogP contribution in [0.15, 0.2) is 54.7 Å². The molecule has 0 aliphatic carbocycles. The molecule has 0 radical (unpaired) electrons. The van der Waals surface area contributed by atoms with Gasteiger partial charge in [0.15, 0.2) is 17.7 Å². The molecule has 0 aliphatic heterocycles. The lowest BCUT2D eigenvalue weighted by Gasteiger charge is -2.18. The summed E-state index contributed by atoms with van der Waals surface area (Å²) in [4.78, 5) is 17.0. The molecule has 0 fully saturated rings. The van der Waals surface area contributed by atoms with E-state index in [0.29, 0.717) is 12.1 Å². The van der Waals surface area contributed by atoms with Crippen LogP contribution in [-0.2, 0) is 4.79 Å². The van der Waals surface area contributed by atoms with Gasteiger partial charge in [-0.05, 0) is 49.2 Å². The van der Waals surface area contributed by atoms with Crippen molar-refractivity contribution in [1.29, 1.82) is 0 Å². The molecule has 0 saturated heterocycles. The second-order valence-electron chi connectivity index (χ2n) is 5.76. The molecule has 1 heterocycles. The van der Waals surface area contributed by atoms with Crippen molar-refractivity contribution in [1.82, 2.24) is 4.98 Å². The monoisotopic (exact) mass is 338 g/mol. The van der Waals surface area contributed by atoms with Crippen molar-refractivity contribution in [3.63, 3.8) is 0 Å². The molecule has 1 atom stereocenters. The van der Waals surface area contributed by atoms with E-state index in [0.717, 1.165) is 16.5 Å². The first kappa shape index (κ1) is 16.9. The van der Waals surface area contributed by atoms with Gasteiger partial charge in [0.05, 0.1) is 11.2 Å². The number of hydrogen-bond acceptors (Lipinski definition) is 3. The molecule has 0 bridgehead atoms. The van der Waals surface area contributed by atoms with Crippen molar-refractivity contribution in [3.8, 4) is 5.75 Å². The van der Waals surface area contributed by atoms with Gasteiger partial charge >= 0.3 is 0 Å². The molecular formula is C20H19FN2O2. The van der Waals surface area contributed by atoms with E-state index in [1.807, 2.05) is 38.1 Å². The third-order valence-corrected chi connectivity index (χ3v) is 4.00. The Labute approximate surface area is 145 Å². The third kappa shape index (κ3) is 3.60. The predicted octanol–water partition coefficient (Wildman–Crippen LogP) is 4.48. The van der Waals surface area contributed by atoms with E-state index >= 15 is 0 Å². The van der Waals surface area contributed by atoms with E-state index in [4.69, 9.17) is 4.74 Å². The number of para-hydroxylation sites is 1. The normalized spacial score (nSPS) is 12.0. The van der Waals surface area contributed by atoms with Gasteiger partial charge in [-0.1, -0.05) is 25.1 Å². The van der Waals surface area contributed by atoms with Gasteiger partial charge in [0.25, 0.3) is 5.91 Å². The van der Waals surface area contributed by atoms with Crippen molar-refractivity contribution in [2.24, 2.45) is 0 Å².